The largest absolute Gasteiger partial charge is 0.536 e. The van der Waals surface area contributed by atoms with Gasteiger partial charge in [0.15, 0.2) is 0 Å². The second-order valence-corrected chi connectivity index (χ2v) is 7.84. The van der Waals surface area contributed by atoms with Crippen LogP contribution in [0.2, 0.25) is 0 Å². The molecule has 1 aromatic carbocycles. The summed E-state index contributed by atoms with van der Waals surface area (Å²) in [6.07, 6.45) is 2.19. The monoisotopic (exact) mass is 312 g/mol. The lowest BCUT2D eigenvalue weighted by Gasteiger charge is -2.26. The van der Waals surface area contributed by atoms with Crippen molar-refractivity contribution in [3.63, 3.8) is 0 Å². The molecule has 0 saturated carbocycles. The molecule has 118 valence electrons. The fourth-order valence-electron chi connectivity index (χ4n) is 2.36. The molecule has 0 N–H and O–H groups in total. The highest BCUT2D eigenvalue weighted by Gasteiger charge is 2.42. The summed E-state index contributed by atoms with van der Waals surface area (Å²) in [4.78, 5) is 0. The molecule has 2 rings (SSSR count). The first kappa shape index (κ1) is 16.6. The van der Waals surface area contributed by atoms with Gasteiger partial charge in [0.25, 0.3) is 0 Å². The zero-order valence-corrected chi connectivity index (χ0v) is 14.0. The molecule has 1 heterocycles. The van der Waals surface area contributed by atoms with Gasteiger partial charge in [-0.25, -0.2) is 0 Å². The maximum atomic E-state index is 5.58. The topological polar surface area (TPSA) is 49.5 Å². The summed E-state index contributed by atoms with van der Waals surface area (Å²) < 4.78 is 27.4. The molecule has 1 fully saturated rings. The maximum Gasteiger partial charge on any atom is 0.536 e. The molecule has 1 aliphatic heterocycles. The molecule has 0 radical (unpaired) electrons. The molecule has 6 heteroatoms. The van der Waals surface area contributed by atoms with E-state index in [1.165, 1.54) is 5.56 Å². The Hall–Kier alpha value is -0.763. The van der Waals surface area contributed by atoms with Crippen LogP contribution in [0.3, 0.4) is 0 Å². The normalized spacial score (nSPS) is 18.0. The van der Waals surface area contributed by atoms with E-state index in [-0.39, 0.29) is 0 Å². The van der Waals surface area contributed by atoms with Crippen LogP contribution < -0.4 is 5.19 Å². The lowest BCUT2D eigenvalue weighted by Crippen LogP contribution is -2.56. The molecular weight excluding hydrogens is 288 g/mol. The van der Waals surface area contributed by atoms with Crippen LogP contribution in [0.4, 0.5) is 0 Å². The fraction of sp³-hybridized carbons (Fsp3) is 0.600. The van der Waals surface area contributed by atoms with Crippen LogP contribution in [-0.2, 0) is 29.2 Å². The van der Waals surface area contributed by atoms with E-state index < -0.39 is 8.80 Å². The van der Waals surface area contributed by atoms with Gasteiger partial charge in [-0.2, -0.15) is 0 Å². The van der Waals surface area contributed by atoms with Gasteiger partial charge < -0.3 is 22.8 Å². The van der Waals surface area contributed by atoms with Gasteiger partial charge >= 0.3 is 8.80 Å². The predicted molar refractivity (Wildman–Crippen MR) is 81.7 cm³/mol. The van der Waals surface area contributed by atoms with Crippen molar-refractivity contribution in [2.24, 2.45) is 0 Å². The summed E-state index contributed by atoms with van der Waals surface area (Å²) in [5, 5.41) is 1.03. The van der Waals surface area contributed by atoms with Gasteiger partial charge in [0, 0.05) is 33.1 Å². The van der Waals surface area contributed by atoms with E-state index >= 15 is 0 Å². The number of benzene rings is 1. The Morgan fingerprint density at radius 1 is 1.14 bits per heavy atom. The highest BCUT2D eigenvalue weighted by Crippen LogP contribution is 2.13. The molecule has 0 aliphatic carbocycles. The van der Waals surface area contributed by atoms with Crippen molar-refractivity contribution in [2.75, 3.05) is 41.2 Å². The van der Waals surface area contributed by atoms with Crippen LogP contribution in [0.25, 0.3) is 0 Å². The SMILES string of the molecule is CO[Si](OC)(OC)c1ccccc1CCCOCC1CO1. The predicted octanol–water partition coefficient (Wildman–Crippen LogP) is 1.12. The average Bonchev–Trinajstić information content (AvgIpc) is 3.35. The first-order valence-electron chi connectivity index (χ1n) is 7.19. The molecule has 1 unspecified atom stereocenters. The van der Waals surface area contributed by atoms with E-state index in [9.17, 15) is 0 Å². The summed E-state index contributed by atoms with van der Waals surface area (Å²) >= 11 is 0. The number of ether oxygens (including phenoxy) is 2. The van der Waals surface area contributed by atoms with Crippen LogP contribution in [0, 0.1) is 0 Å². The lowest BCUT2D eigenvalue weighted by molar-refractivity contribution is 0.114. The maximum absolute atomic E-state index is 5.58. The fourth-order valence-corrected chi connectivity index (χ4v) is 4.42. The van der Waals surface area contributed by atoms with Gasteiger partial charge in [-0.3, -0.25) is 0 Å². The minimum Gasteiger partial charge on any atom is -0.379 e. The van der Waals surface area contributed by atoms with E-state index in [2.05, 4.69) is 6.07 Å². The second kappa shape index (κ2) is 8.02. The third-order valence-corrected chi connectivity index (χ3v) is 6.35. The quantitative estimate of drug-likeness (QED) is 0.368. The van der Waals surface area contributed by atoms with Crippen molar-refractivity contribution < 1.29 is 22.8 Å². The van der Waals surface area contributed by atoms with E-state index in [4.69, 9.17) is 22.8 Å². The summed E-state index contributed by atoms with van der Waals surface area (Å²) in [5.74, 6) is 0. The second-order valence-electron chi connectivity index (χ2n) is 4.96. The molecule has 1 aromatic rings. The highest BCUT2D eigenvalue weighted by molar-refractivity contribution is 6.75. The number of aryl methyl sites for hydroxylation is 1. The Morgan fingerprint density at radius 2 is 1.81 bits per heavy atom. The molecule has 5 nitrogen and oxygen atoms in total. The molecule has 21 heavy (non-hydrogen) atoms. The highest BCUT2D eigenvalue weighted by atomic mass is 28.4. The van der Waals surface area contributed by atoms with Crippen LogP contribution >= 0.6 is 0 Å². The lowest BCUT2D eigenvalue weighted by atomic mass is 10.1. The van der Waals surface area contributed by atoms with Gasteiger partial charge in [0.05, 0.1) is 13.2 Å². The summed E-state index contributed by atoms with van der Waals surface area (Å²) in [5.41, 5.74) is 1.20. The van der Waals surface area contributed by atoms with Crippen molar-refractivity contribution in [2.45, 2.75) is 18.9 Å². The van der Waals surface area contributed by atoms with Gasteiger partial charge in [0.2, 0.25) is 0 Å². The van der Waals surface area contributed by atoms with Gasteiger partial charge in [-0.15, -0.1) is 0 Å². The van der Waals surface area contributed by atoms with Crippen molar-refractivity contribution in [1.82, 2.24) is 0 Å². The van der Waals surface area contributed by atoms with E-state index in [0.29, 0.717) is 12.7 Å². The first-order valence-corrected chi connectivity index (χ1v) is 8.91. The summed E-state index contributed by atoms with van der Waals surface area (Å²) in [7, 11) is 2.13. The third-order valence-electron chi connectivity index (χ3n) is 3.59. The Bertz CT molecular complexity index is 424. The number of rotatable bonds is 10. The summed E-state index contributed by atoms with van der Waals surface area (Å²) in [6.45, 7) is 2.27. The number of hydrogen-bond donors (Lipinski definition) is 0. The van der Waals surface area contributed by atoms with Gasteiger partial charge in [-0.1, -0.05) is 24.3 Å². The minimum absolute atomic E-state index is 0.327. The number of epoxide rings is 1. The Morgan fingerprint density at radius 3 is 2.43 bits per heavy atom. The van der Waals surface area contributed by atoms with Crippen LogP contribution in [0.5, 0.6) is 0 Å². The third kappa shape index (κ3) is 4.35. The minimum atomic E-state index is -2.78. The Balaban J connectivity index is 1.94. The Labute approximate surface area is 127 Å². The molecule has 0 bridgehead atoms. The molecule has 1 atom stereocenters. The van der Waals surface area contributed by atoms with E-state index in [1.807, 2.05) is 18.2 Å². The van der Waals surface area contributed by atoms with Crippen molar-refractivity contribution in [1.29, 1.82) is 0 Å². The zero-order chi connectivity index (χ0) is 15.1. The molecule has 0 amide bonds. The molecule has 1 saturated heterocycles. The molecule has 0 aromatic heterocycles. The standard InChI is InChI=1S/C15H24O5Si/c1-16-21(17-2,18-3)15-9-5-4-7-13(15)8-6-10-19-11-14-12-20-14/h4-5,7,9,14H,6,8,10-12H2,1-3H3. The van der Waals surface area contributed by atoms with Crippen molar-refractivity contribution >= 4 is 14.0 Å². The zero-order valence-electron chi connectivity index (χ0n) is 13.0. The Kier molecular flexibility index (Phi) is 6.34. The summed E-state index contributed by atoms with van der Waals surface area (Å²) in [6, 6.07) is 8.13. The number of hydrogen-bond acceptors (Lipinski definition) is 5. The molecule has 1 aliphatic rings. The first-order chi connectivity index (χ1) is 10.3. The van der Waals surface area contributed by atoms with Crippen LogP contribution in [-0.4, -0.2) is 56.1 Å². The smallest absolute Gasteiger partial charge is 0.379 e. The van der Waals surface area contributed by atoms with E-state index in [1.54, 1.807) is 21.3 Å². The van der Waals surface area contributed by atoms with Crippen LogP contribution in [0.1, 0.15) is 12.0 Å². The van der Waals surface area contributed by atoms with Crippen LogP contribution in [0.15, 0.2) is 24.3 Å². The molecular formula is C15H24O5Si. The van der Waals surface area contributed by atoms with Gasteiger partial charge in [0.1, 0.15) is 6.10 Å². The van der Waals surface area contributed by atoms with E-state index in [0.717, 1.165) is 31.2 Å². The average molecular weight is 312 g/mol. The van der Waals surface area contributed by atoms with Gasteiger partial charge in [-0.05, 0) is 18.4 Å². The van der Waals surface area contributed by atoms with Crippen molar-refractivity contribution in [3.8, 4) is 0 Å². The van der Waals surface area contributed by atoms with Crippen molar-refractivity contribution in [3.05, 3.63) is 29.8 Å². The molecule has 0 spiro atoms.